The molecule has 2 aromatic rings. The average molecular weight is 368 g/mol. The number of nitrogens with one attached hydrogen (secondary N) is 2. The molecular formula is C16H18ClN3O3S. The van der Waals surface area contributed by atoms with E-state index in [-0.39, 0.29) is 12.5 Å². The molecule has 0 spiro atoms. The number of hydrogen-bond donors (Lipinski definition) is 2. The maximum Gasteiger partial charge on any atom is 0.233 e. The predicted octanol–water partition coefficient (Wildman–Crippen LogP) is 2.31. The van der Waals surface area contributed by atoms with Gasteiger partial charge in [-0.3, -0.25) is 9.78 Å². The number of rotatable bonds is 6. The Morgan fingerprint density at radius 2 is 1.92 bits per heavy atom. The number of aromatic nitrogens is 1. The Morgan fingerprint density at radius 1 is 1.25 bits per heavy atom. The van der Waals surface area contributed by atoms with Crippen molar-refractivity contribution in [3.63, 3.8) is 0 Å². The minimum absolute atomic E-state index is 0.0500. The van der Waals surface area contributed by atoms with Crippen molar-refractivity contribution in [3.05, 3.63) is 58.9 Å². The van der Waals surface area contributed by atoms with Gasteiger partial charge in [0.2, 0.25) is 15.9 Å². The fraction of sp³-hybridized carbons (Fsp3) is 0.250. The summed E-state index contributed by atoms with van der Waals surface area (Å²) < 4.78 is 25.1. The molecule has 1 amide bonds. The SMILES string of the molecule is Cc1ccncc1NC(=O)[C@H](CNS(C)(=O)=O)c1ccc(Cl)cc1. The van der Waals surface area contributed by atoms with Crippen molar-refractivity contribution in [1.82, 2.24) is 9.71 Å². The van der Waals surface area contributed by atoms with E-state index in [4.69, 9.17) is 11.6 Å². The summed E-state index contributed by atoms with van der Waals surface area (Å²) in [7, 11) is -3.42. The lowest BCUT2D eigenvalue weighted by atomic mass is 9.98. The molecule has 0 aliphatic carbocycles. The van der Waals surface area contributed by atoms with Gasteiger partial charge in [-0.05, 0) is 36.2 Å². The van der Waals surface area contributed by atoms with Gasteiger partial charge in [0.05, 0.1) is 24.1 Å². The molecule has 1 aromatic carbocycles. The fourth-order valence-electron chi connectivity index (χ4n) is 2.11. The lowest BCUT2D eigenvalue weighted by Gasteiger charge is -2.18. The van der Waals surface area contributed by atoms with Crippen LogP contribution in [0.15, 0.2) is 42.7 Å². The molecule has 2 rings (SSSR count). The number of aryl methyl sites for hydroxylation is 1. The van der Waals surface area contributed by atoms with Gasteiger partial charge < -0.3 is 5.32 Å². The van der Waals surface area contributed by atoms with E-state index in [1.54, 1.807) is 42.7 Å². The zero-order valence-corrected chi connectivity index (χ0v) is 14.9. The third kappa shape index (κ3) is 5.30. The van der Waals surface area contributed by atoms with Gasteiger partial charge in [-0.25, -0.2) is 13.1 Å². The van der Waals surface area contributed by atoms with Crippen LogP contribution in [0.5, 0.6) is 0 Å². The third-order valence-corrected chi connectivity index (χ3v) is 4.38. The highest BCUT2D eigenvalue weighted by Crippen LogP contribution is 2.21. The average Bonchev–Trinajstić information content (AvgIpc) is 2.50. The number of halogens is 1. The van der Waals surface area contributed by atoms with Crippen molar-refractivity contribution in [2.45, 2.75) is 12.8 Å². The summed E-state index contributed by atoms with van der Waals surface area (Å²) in [6, 6.07) is 8.50. The molecule has 6 nitrogen and oxygen atoms in total. The summed E-state index contributed by atoms with van der Waals surface area (Å²) in [5.41, 5.74) is 2.11. The molecule has 0 saturated carbocycles. The Balaban J connectivity index is 2.25. The van der Waals surface area contributed by atoms with Crippen LogP contribution >= 0.6 is 11.6 Å². The molecule has 0 aliphatic rings. The van der Waals surface area contributed by atoms with Crippen molar-refractivity contribution < 1.29 is 13.2 Å². The van der Waals surface area contributed by atoms with Crippen LogP contribution in [0, 0.1) is 6.92 Å². The van der Waals surface area contributed by atoms with Gasteiger partial charge >= 0.3 is 0 Å². The van der Waals surface area contributed by atoms with Crippen molar-refractivity contribution in [3.8, 4) is 0 Å². The molecule has 1 heterocycles. The summed E-state index contributed by atoms with van der Waals surface area (Å²) in [5.74, 6) is -1.03. The number of amides is 1. The van der Waals surface area contributed by atoms with E-state index in [2.05, 4.69) is 15.0 Å². The molecule has 1 aromatic heterocycles. The molecule has 0 aliphatic heterocycles. The van der Waals surface area contributed by atoms with E-state index in [9.17, 15) is 13.2 Å². The van der Waals surface area contributed by atoms with Crippen LogP contribution in [0.4, 0.5) is 5.69 Å². The number of sulfonamides is 1. The predicted molar refractivity (Wildman–Crippen MR) is 94.6 cm³/mol. The van der Waals surface area contributed by atoms with Crippen molar-refractivity contribution in [2.24, 2.45) is 0 Å². The standard InChI is InChI=1S/C16H18ClN3O3S/c1-11-7-8-18-10-15(11)20-16(21)14(9-19-24(2,22)23)12-3-5-13(17)6-4-12/h3-8,10,14,19H,9H2,1-2H3,(H,20,21)/t14-/m1/s1. The van der Waals surface area contributed by atoms with Crippen molar-refractivity contribution in [1.29, 1.82) is 0 Å². The van der Waals surface area contributed by atoms with E-state index in [1.165, 1.54) is 0 Å². The molecule has 128 valence electrons. The highest BCUT2D eigenvalue weighted by molar-refractivity contribution is 7.88. The Bertz CT molecular complexity index is 823. The molecule has 0 fully saturated rings. The summed E-state index contributed by atoms with van der Waals surface area (Å²) >= 11 is 5.88. The Hall–Kier alpha value is -1.96. The number of anilines is 1. The van der Waals surface area contributed by atoms with Gasteiger partial charge in [-0.1, -0.05) is 23.7 Å². The van der Waals surface area contributed by atoms with Gasteiger partial charge in [0.15, 0.2) is 0 Å². The lowest BCUT2D eigenvalue weighted by molar-refractivity contribution is -0.117. The molecule has 2 N–H and O–H groups in total. The van der Waals surface area contributed by atoms with E-state index in [0.717, 1.165) is 11.8 Å². The molecule has 8 heteroatoms. The number of benzene rings is 1. The molecule has 0 bridgehead atoms. The maximum absolute atomic E-state index is 12.7. The monoisotopic (exact) mass is 367 g/mol. The zero-order chi connectivity index (χ0) is 17.7. The summed E-state index contributed by atoms with van der Waals surface area (Å²) in [6.07, 6.45) is 4.23. The topological polar surface area (TPSA) is 88.2 Å². The first-order chi connectivity index (χ1) is 11.3. The van der Waals surface area contributed by atoms with Crippen LogP contribution in [0.3, 0.4) is 0 Å². The van der Waals surface area contributed by atoms with Gasteiger partial charge in [-0.2, -0.15) is 0 Å². The van der Waals surface area contributed by atoms with Crippen LogP contribution in [-0.4, -0.2) is 32.1 Å². The minimum atomic E-state index is -3.42. The first-order valence-corrected chi connectivity index (χ1v) is 9.45. The number of hydrogen-bond acceptors (Lipinski definition) is 4. The smallest absolute Gasteiger partial charge is 0.233 e. The maximum atomic E-state index is 12.7. The van der Waals surface area contributed by atoms with E-state index in [0.29, 0.717) is 16.3 Å². The van der Waals surface area contributed by atoms with Crippen molar-refractivity contribution in [2.75, 3.05) is 18.1 Å². The summed E-state index contributed by atoms with van der Waals surface area (Å²) in [4.78, 5) is 16.6. The third-order valence-electron chi connectivity index (χ3n) is 3.44. The quantitative estimate of drug-likeness (QED) is 0.820. The highest BCUT2D eigenvalue weighted by Gasteiger charge is 2.22. The summed E-state index contributed by atoms with van der Waals surface area (Å²) in [5, 5.41) is 3.33. The second-order valence-corrected chi connectivity index (χ2v) is 7.67. The number of nitrogens with zero attached hydrogens (tertiary/aromatic N) is 1. The Morgan fingerprint density at radius 3 is 2.50 bits per heavy atom. The van der Waals surface area contributed by atoms with E-state index in [1.807, 2.05) is 6.92 Å². The summed E-state index contributed by atoms with van der Waals surface area (Å²) in [6.45, 7) is 1.80. The van der Waals surface area contributed by atoms with Gasteiger partial charge in [-0.15, -0.1) is 0 Å². The van der Waals surface area contributed by atoms with Crippen LogP contribution in [0.1, 0.15) is 17.0 Å². The number of pyridine rings is 1. The van der Waals surface area contributed by atoms with Gasteiger partial charge in [0, 0.05) is 17.8 Å². The van der Waals surface area contributed by atoms with Crippen LogP contribution < -0.4 is 10.0 Å². The van der Waals surface area contributed by atoms with Crippen LogP contribution in [-0.2, 0) is 14.8 Å². The fourth-order valence-corrected chi connectivity index (χ4v) is 2.70. The second kappa shape index (κ2) is 7.74. The molecular weight excluding hydrogens is 350 g/mol. The van der Waals surface area contributed by atoms with Crippen LogP contribution in [0.2, 0.25) is 5.02 Å². The van der Waals surface area contributed by atoms with Crippen molar-refractivity contribution >= 4 is 33.2 Å². The number of carbonyl (C=O) groups excluding carboxylic acids is 1. The molecule has 24 heavy (non-hydrogen) atoms. The highest BCUT2D eigenvalue weighted by atomic mass is 35.5. The van der Waals surface area contributed by atoms with Gasteiger partial charge in [0.1, 0.15) is 0 Å². The first kappa shape index (κ1) is 18.4. The van der Waals surface area contributed by atoms with E-state index >= 15 is 0 Å². The zero-order valence-electron chi connectivity index (χ0n) is 13.3. The molecule has 0 radical (unpaired) electrons. The van der Waals surface area contributed by atoms with Crippen LogP contribution in [0.25, 0.3) is 0 Å². The second-order valence-electron chi connectivity index (χ2n) is 5.40. The Labute approximate surface area is 146 Å². The van der Waals surface area contributed by atoms with Gasteiger partial charge in [0.25, 0.3) is 0 Å². The number of carbonyl (C=O) groups is 1. The van der Waals surface area contributed by atoms with E-state index < -0.39 is 15.9 Å². The largest absolute Gasteiger partial charge is 0.324 e. The molecule has 0 unspecified atom stereocenters. The Kier molecular flexibility index (Phi) is 5.93. The molecule has 1 atom stereocenters. The minimum Gasteiger partial charge on any atom is -0.324 e. The molecule has 0 saturated heterocycles. The first-order valence-electron chi connectivity index (χ1n) is 7.18. The normalized spacial score (nSPS) is 12.6. The lowest BCUT2D eigenvalue weighted by Crippen LogP contribution is -2.33.